The molecule has 0 amide bonds. The van der Waals surface area contributed by atoms with Gasteiger partial charge in [-0.25, -0.2) is 4.98 Å². The average molecular weight is 251 g/mol. The third-order valence-corrected chi connectivity index (χ3v) is 4.05. The van der Waals surface area contributed by atoms with Crippen molar-refractivity contribution in [1.29, 1.82) is 0 Å². The standard InChI is InChI=1S/C14H25N3O/c1-4-8-16-11-7-15-13(16)12(18)14(2,3)17-9-5-6-10-17/h7,11-12,18H,4-6,8-10H2,1-3H3. The highest BCUT2D eigenvalue weighted by molar-refractivity contribution is 5.05. The Morgan fingerprint density at radius 2 is 2.06 bits per heavy atom. The number of hydrogen-bond acceptors (Lipinski definition) is 3. The lowest BCUT2D eigenvalue weighted by Crippen LogP contribution is -2.47. The molecule has 0 aromatic carbocycles. The fraction of sp³-hybridized carbons (Fsp3) is 0.786. The summed E-state index contributed by atoms with van der Waals surface area (Å²) in [5, 5.41) is 10.7. The minimum Gasteiger partial charge on any atom is -0.383 e. The highest BCUT2D eigenvalue weighted by Gasteiger charge is 2.38. The van der Waals surface area contributed by atoms with Crippen LogP contribution in [0.4, 0.5) is 0 Å². The fourth-order valence-corrected chi connectivity index (χ4v) is 2.78. The molecule has 1 N–H and O–H groups in total. The van der Waals surface area contributed by atoms with Crippen molar-refractivity contribution >= 4 is 0 Å². The van der Waals surface area contributed by atoms with Crippen molar-refractivity contribution in [3.05, 3.63) is 18.2 Å². The second kappa shape index (κ2) is 5.41. The number of likely N-dealkylation sites (tertiary alicyclic amines) is 1. The second-order valence-corrected chi connectivity index (χ2v) is 5.73. The second-order valence-electron chi connectivity index (χ2n) is 5.73. The molecule has 1 atom stereocenters. The zero-order chi connectivity index (χ0) is 13.2. The largest absolute Gasteiger partial charge is 0.383 e. The quantitative estimate of drug-likeness (QED) is 0.872. The van der Waals surface area contributed by atoms with E-state index in [2.05, 4.69) is 35.2 Å². The van der Waals surface area contributed by atoms with E-state index in [1.807, 2.05) is 6.20 Å². The van der Waals surface area contributed by atoms with Crippen LogP contribution in [0.2, 0.25) is 0 Å². The summed E-state index contributed by atoms with van der Waals surface area (Å²) in [6, 6.07) is 0. The third-order valence-electron chi connectivity index (χ3n) is 4.05. The van der Waals surface area contributed by atoms with Crippen molar-refractivity contribution in [2.45, 2.75) is 58.2 Å². The maximum atomic E-state index is 10.7. The van der Waals surface area contributed by atoms with Crippen LogP contribution in [-0.2, 0) is 6.54 Å². The molecule has 0 spiro atoms. The summed E-state index contributed by atoms with van der Waals surface area (Å²) in [6.45, 7) is 9.46. The van der Waals surface area contributed by atoms with Gasteiger partial charge in [0.2, 0.25) is 0 Å². The number of nitrogens with zero attached hydrogens (tertiary/aromatic N) is 3. The first kappa shape index (κ1) is 13.6. The molecule has 4 heteroatoms. The van der Waals surface area contributed by atoms with Crippen molar-refractivity contribution in [3.63, 3.8) is 0 Å². The molecule has 0 bridgehead atoms. The molecule has 0 radical (unpaired) electrons. The molecule has 1 aromatic heterocycles. The zero-order valence-electron chi connectivity index (χ0n) is 11.8. The summed E-state index contributed by atoms with van der Waals surface area (Å²) in [5.74, 6) is 0.800. The number of hydrogen-bond donors (Lipinski definition) is 1. The SMILES string of the molecule is CCCn1ccnc1C(O)C(C)(C)N1CCCC1. The molecule has 1 aliphatic rings. The normalized spacial score (nSPS) is 19.3. The van der Waals surface area contributed by atoms with E-state index in [0.717, 1.165) is 31.9 Å². The van der Waals surface area contributed by atoms with E-state index in [9.17, 15) is 5.11 Å². The van der Waals surface area contributed by atoms with Crippen molar-refractivity contribution < 1.29 is 5.11 Å². The third kappa shape index (κ3) is 2.45. The van der Waals surface area contributed by atoms with Crippen LogP contribution in [0.15, 0.2) is 12.4 Å². The van der Waals surface area contributed by atoms with Gasteiger partial charge in [0.25, 0.3) is 0 Å². The summed E-state index contributed by atoms with van der Waals surface area (Å²) in [7, 11) is 0. The maximum absolute atomic E-state index is 10.7. The first-order valence-corrected chi connectivity index (χ1v) is 7.01. The Labute approximate surface area is 110 Å². The summed E-state index contributed by atoms with van der Waals surface area (Å²) in [5.41, 5.74) is -0.243. The van der Waals surface area contributed by atoms with E-state index < -0.39 is 6.10 Å². The molecule has 2 rings (SSSR count). The molecule has 102 valence electrons. The molecular weight excluding hydrogens is 226 g/mol. The molecule has 2 heterocycles. The minimum absolute atomic E-state index is 0.243. The number of aliphatic hydroxyl groups is 1. The molecular formula is C14H25N3O. The highest BCUT2D eigenvalue weighted by Crippen LogP contribution is 2.32. The number of aliphatic hydroxyl groups excluding tert-OH is 1. The number of imidazole rings is 1. The Morgan fingerprint density at radius 3 is 2.67 bits per heavy atom. The van der Waals surface area contributed by atoms with Gasteiger partial charge in [-0.3, -0.25) is 4.90 Å². The number of aromatic nitrogens is 2. The zero-order valence-corrected chi connectivity index (χ0v) is 11.8. The van der Waals surface area contributed by atoms with E-state index in [4.69, 9.17) is 0 Å². The Hall–Kier alpha value is -0.870. The molecule has 1 unspecified atom stereocenters. The maximum Gasteiger partial charge on any atom is 0.139 e. The molecule has 1 saturated heterocycles. The number of aryl methyl sites for hydroxylation is 1. The molecule has 4 nitrogen and oxygen atoms in total. The van der Waals surface area contributed by atoms with Gasteiger partial charge in [0.05, 0.1) is 0 Å². The van der Waals surface area contributed by atoms with Crippen LogP contribution in [0.5, 0.6) is 0 Å². The average Bonchev–Trinajstić information content (AvgIpc) is 2.99. The monoisotopic (exact) mass is 251 g/mol. The van der Waals surface area contributed by atoms with E-state index in [1.54, 1.807) is 6.20 Å². The van der Waals surface area contributed by atoms with Crippen LogP contribution in [0, 0.1) is 0 Å². The minimum atomic E-state index is -0.530. The lowest BCUT2D eigenvalue weighted by atomic mass is 9.94. The molecule has 1 aliphatic heterocycles. The summed E-state index contributed by atoms with van der Waals surface area (Å²) >= 11 is 0. The highest BCUT2D eigenvalue weighted by atomic mass is 16.3. The van der Waals surface area contributed by atoms with Gasteiger partial charge in [-0.1, -0.05) is 6.92 Å². The lowest BCUT2D eigenvalue weighted by Gasteiger charge is -2.39. The molecule has 1 fully saturated rings. The van der Waals surface area contributed by atoms with E-state index >= 15 is 0 Å². The van der Waals surface area contributed by atoms with E-state index in [-0.39, 0.29) is 5.54 Å². The lowest BCUT2D eigenvalue weighted by molar-refractivity contribution is -0.00588. The van der Waals surface area contributed by atoms with Crippen LogP contribution in [-0.4, -0.2) is 38.2 Å². The molecule has 0 saturated carbocycles. The van der Waals surface area contributed by atoms with Crippen LogP contribution in [0.25, 0.3) is 0 Å². The van der Waals surface area contributed by atoms with Crippen LogP contribution in [0.1, 0.15) is 52.0 Å². The Bertz CT molecular complexity index is 380. The number of rotatable bonds is 5. The first-order chi connectivity index (χ1) is 8.57. The van der Waals surface area contributed by atoms with Gasteiger partial charge in [-0.15, -0.1) is 0 Å². The van der Waals surface area contributed by atoms with Crippen molar-refractivity contribution in [2.24, 2.45) is 0 Å². The van der Waals surface area contributed by atoms with Gasteiger partial charge in [-0.05, 0) is 46.2 Å². The van der Waals surface area contributed by atoms with Crippen LogP contribution in [0.3, 0.4) is 0 Å². The summed E-state index contributed by atoms with van der Waals surface area (Å²) < 4.78 is 2.07. The van der Waals surface area contributed by atoms with Crippen molar-refractivity contribution in [3.8, 4) is 0 Å². The van der Waals surface area contributed by atoms with Gasteiger partial charge in [0.15, 0.2) is 0 Å². The van der Waals surface area contributed by atoms with Gasteiger partial charge < -0.3 is 9.67 Å². The van der Waals surface area contributed by atoms with Crippen molar-refractivity contribution in [1.82, 2.24) is 14.5 Å². The predicted molar refractivity (Wildman–Crippen MR) is 72.4 cm³/mol. The smallest absolute Gasteiger partial charge is 0.139 e. The first-order valence-electron chi connectivity index (χ1n) is 7.01. The van der Waals surface area contributed by atoms with Gasteiger partial charge >= 0.3 is 0 Å². The summed E-state index contributed by atoms with van der Waals surface area (Å²) in [6.07, 6.45) is 6.74. The van der Waals surface area contributed by atoms with Gasteiger partial charge in [0, 0.05) is 24.5 Å². The van der Waals surface area contributed by atoms with Crippen LogP contribution < -0.4 is 0 Å². The van der Waals surface area contributed by atoms with Crippen LogP contribution >= 0.6 is 0 Å². The van der Waals surface area contributed by atoms with Gasteiger partial charge in [-0.2, -0.15) is 0 Å². The Morgan fingerprint density at radius 1 is 1.39 bits per heavy atom. The molecule has 0 aliphatic carbocycles. The van der Waals surface area contributed by atoms with Gasteiger partial charge in [0.1, 0.15) is 11.9 Å². The van der Waals surface area contributed by atoms with E-state index in [1.165, 1.54) is 12.8 Å². The molecule has 18 heavy (non-hydrogen) atoms. The Balaban J connectivity index is 2.18. The van der Waals surface area contributed by atoms with E-state index in [0.29, 0.717) is 0 Å². The molecule has 1 aromatic rings. The predicted octanol–water partition coefficient (Wildman–Crippen LogP) is 2.20. The fourth-order valence-electron chi connectivity index (χ4n) is 2.78. The summed E-state index contributed by atoms with van der Waals surface area (Å²) in [4.78, 5) is 6.74. The Kier molecular flexibility index (Phi) is 4.07. The van der Waals surface area contributed by atoms with Crippen molar-refractivity contribution in [2.75, 3.05) is 13.1 Å². The topological polar surface area (TPSA) is 41.3 Å².